The van der Waals surface area contributed by atoms with Crippen molar-refractivity contribution in [2.75, 3.05) is 6.54 Å². The molecule has 5 heteroatoms. The molecule has 1 amide bonds. The van der Waals surface area contributed by atoms with E-state index in [1.54, 1.807) is 6.07 Å². The second-order valence-corrected chi connectivity index (χ2v) is 7.89. The molecule has 1 saturated carbocycles. The fourth-order valence-corrected chi connectivity index (χ4v) is 3.41. The molecule has 2 atom stereocenters. The molecule has 0 bridgehead atoms. The Morgan fingerprint density at radius 3 is 2.75 bits per heavy atom. The highest BCUT2D eigenvalue weighted by atomic mass is 19.1. The summed E-state index contributed by atoms with van der Waals surface area (Å²) in [7, 11) is 0. The van der Waals surface area contributed by atoms with E-state index in [0.29, 0.717) is 12.5 Å². The molecular weight excluding hydrogens is 307 g/mol. The minimum atomic E-state index is -0.492. The maximum Gasteiger partial charge on any atom is 0.407 e. The number of benzene rings is 1. The van der Waals surface area contributed by atoms with Gasteiger partial charge in [0.1, 0.15) is 11.4 Å². The van der Waals surface area contributed by atoms with Crippen LogP contribution in [0.4, 0.5) is 9.18 Å². The summed E-state index contributed by atoms with van der Waals surface area (Å²) in [6.07, 6.45) is 3.66. The fourth-order valence-electron chi connectivity index (χ4n) is 3.41. The van der Waals surface area contributed by atoms with Crippen molar-refractivity contribution in [3.8, 4) is 0 Å². The zero-order valence-corrected chi connectivity index (χ0v) is 14.7. The molecule has 1 aromatic carbocycles. The number of hydrogen-bond acceptors (Lipinski definition) is 3. The van der Waals surface area contributed by atoms with Crippen LogP contribution in [0.25, 0.3) is 0 Å². The van der Waals surface area contributed by atoms with E-state index in [1.165, 1.54) is 18.9 Å². The zero-order valence-electron chi connectivity index (χ0n) is 14.7. The van der Waals surface area contributed by atoms with Crippen LogP contribution in [0, 0.1) is 11.7 Å². The molecule has 3 rings (SSSR count). The van der Waals surface area contributed by atoms with Gasteiger partial charge < -0.3 is 15.4 Å². The Balaban J connectivity index is 1.58. The molecule has 0 saturated heterocycles. The summed E-state index contributed by atoms with van der Waals surface area (Å²) in [6, 6.07) is 5.69. The lowest BCUT2D eigenvalue weighted by Gasteiger charge is -2.25. The molecule has 1 fully saturated rings. The predicted molar refractivity (Wildman–Crippen MR) is 91.3 cm³/mol. The minimum absolute atomic E-state index is 0.105. The van der Waals surface area contributed by atoms with Crippen molar-refractivity contribution in [2.24, 2.45) is 5.92 Å². The summed E-state index contributed by atoms with van der Waals surface area (Å²) in [6.45, 7) is 6.11. The van der Waals surface area contributed by atoms with E-state index < -0.39 is 5.60 Å². The number of nitrogens with one attached hydrogen (secondary N) is 2. The van der Waals surface area contributed by atoms with Gasteiger partial charge in [0.15, 0.2) is 0 Å². The topological polar surface area (TPSA) is 50.4 Å². The zero-order chi connectivity index (χ0) is 17.3. The largest absolute Gasteiger partial charge is 0.444 e. The molecular formula is C19H27FN2O2. The molecule has 0 aromatic heterocycles. The number of carbonyl (C=O) groups excluding carboxylic acids is 1. The van der Waals surface area contributed by atoms with Crippen molar-refractivity contribution >= 4 is 6.09 Å². The van der Waals surface area contributed by atoms with Gasteiger partial charge in [0, 0.05) is 18.6 Å². The minimum Gasteiger partial charge on any atom is -0.444 e. The van der Waals surface area contributed by atoms with Crippen molar-refractivity contribution in [3.63, 3.8) is 0 Å². The van der Waals surface area contributed by atoms with Gasteiger partial charge in [-0.2, -0.15) is 0 Å². The van der Waals surface area contributed by atoms with Gasteiger partial charge in [-0.3, -0.25) is 0 Å². The van der Waals surface area contributed by atoms with Crippen LogP contribution in [0.3, 0.4) is 0 Å². The Labute approximate surface area is 143 Å². The molecule has 24 heavy (non-hydrogen) atoms. The first-order valence-corrected chi connectivity index (χ1v) is 8.83. The van der Waals surface area contributed by atoms with Crippen molar-refractivity contribution in [1.82, 2.24) is 10.6 Å². The summed E-state index contributed by atoms with van der Waals surface area (Å²) < 4.78 is 19.2. The average Bonchev–Trinajstić information content (AvgIpc) is 3.24. The van der Waals surface area contributed by atoms with Gasteiger partial charge in [-0.25, -0.2) is 9.18 Å². The molecule has 132 valence electrons. The monoisotopic (exact) mass is 334 g/mol. The number of halogens is 1. The summed E-state index contributed by atoms with van der Waals surface area (Å²) >= 11 is 0. The number of fused-ring (bicyclic) bond motifs is 1. The Morgan fingerprint density at radius 2 is 2.08 bits per heavy atom. The van der Waals surface area contributed by atoms with Crippen molar-refractivity contribution in [1.29, 1.82) is 0 Å². The first-order chi connectivity index (χ1) is 11.3. The lowest BCUT2D eigenvalue weighted by atomic mass is 10.1. The van der Waals surface area contributed by atoms with E-state index in [1.807, 2.05) is 26.8 Å². The Morgan fingerprint density at radius 1 is 1.33 bits per heavy atom. The van der Waals surface area contributed by atoms with Crippen LogP contribution in [-0.2, 0) is 11.2 Å². The predicted octanol–water partition coefficient (Wildman–Crippen LogP) is 3.71. The third-order valence-electron chi connectivity index (χ3n) is 4.69. The standard InChI is InChI=1S/C19H27FN2O2/c1-19(2,3)24-18(23)21-11-17(12-7-8-12)22-16-10-9-13-14(16)5-4-6-15(13)20/h4-6,12,16-17,22H,7-11H2,1-3H3,(H,21,23). The molecule has 2 N–H and O–H groups in total. The van der Waals surface area contributed by atoms with Crippen LogP contribution in [0.1, 0.15) is 57.2 Å². The van der Waals surface area contributed by atoms with E-state index in [2.05, 4.69) is 10.6 Å². The SMILES string of the molecule is CC(C)(C)OC(=O)NCC(NC1CCc2c(F)cccc21)C1CC1. The molecule has 4 nitrogen and oxygen atoms in total. The molecule has 0 aliphatic heterocycles. The fraction of sp³-hybridized carbons (Fsp3) is 0.632. The first-order valence-electron chi connectivity index (χ1n) is 8.83. The molecule has 2 aliphatic rings. The number of carbonyl (C=O) groups is 1. The second-order valence-electron chi connectivity index (χ2n) is 7.89. The quantitative estimate of drug-likeness (QED) is 0.863. The van der Waals surface area contributed by atoms with Crippen LogP contribution in [0.15, 0.2) is 18.2 Å². The van der Waals surface area contributed by atoms with Gasteiger partial charge >= 0.3 is 6.09 Å². The Kier molecular flexibility index (Phi) is 4.81. The maximum absolute atomic E-state index is 13.9. The number of ether oxygens (including phenoxy) is 1. The number of amides is 1. The van der Waals surface area contributed by atoms with Gasteiger partial charge in [0.2, 0.25) is 0 Å². The highest BCUT2D eigenvalue weighted by molar-refractivity contribution is 5.67. The Bertz CT molecular complexity index is 608. The van der Waals surface area contributed by atoms with Gasteiger partial charge in [-0.1, -0.05) is 12.1 Å². The molecule has 0 radical (unpaired) electrons. The molecule has 1 aromatic rings. The van der Waals surface area contributed by atoms with Gasteiger partial charge in [0.05, 0.1) is 0 Å². The summed E-state index contributed by atoms with van der Waals surface area (Å²) in [5.74, 6) is 0.476. The van der Waals surface area contributed by atoms with Crippen LogP contribution >= 0.6 is 0 Å². The average molecular weight is 334 g/mol. The van der Waals surface area contributed by atoms with Crippen molar-refractivity contribution < 1.29 is 13.9 Å². The highest BCUT2D eigenvalue weighted by Crippen LogP contribution is 2.37. The second kappa shape index (κ2) is 6.71. The van der Waals surface area contributed by atoms with E-state index in [4.69, 9.17) is 4.74 Å². The molecule has 2 unspecified atom stereocenters. The number of hydrogen-bond donors (Lipinski definition) is 2. The summed E-state index contributed by atoms with van der Waals surface area (Å²) in [5, 5.41) is 6.51. The normalized spacial score (nSPS) is 21.2. The van der Waals surface area contributed by atoms with E-state index in [-0.39, 0.29) is 24.0 Å². The van der Waals surface area contributed by atoms with E-state index in [0.717, 1.165) is 24.0 Å². The smallest absolute Gasteiger partial charge is 0.407 e. The summed E-state index contributed by atoms with van der Waals surface area (Å²) in [5.41, 5.74) is 1.41. The van der Waals surface area contributed by atoms with Crippen LogP contribution < -0.4 is 10.6 Å². The van der Waals surface area contributed by atoms with E-state index in [9.17, 15) is 9.18 Å². The van der Waals surface area contributed by atoms with Crippen LogP contribution in [-0.4, -0.2) is 24.3 Å². The third-order valence-corrected chi connectivity index (χ3v) is 4.69. The number of rotatable bonds is 5. The van der Waals surface area contributed by atoms with Gasteiger partial charge in [-0.15, -0.1) is 0 Å². The van der Waals surface area contributed by atoms with E-state index >= 15 is 0 Å². The van der Waals surface area contributed by atoms with Gasteiger partial charge in [0.25, 0.3) is 0 Å². The molecule has 0 spiro atoms. The first kappa shape index (κ1) is 17.2. The van der Waals surface area contributed by atoms with Gasteiger partial charge in [-0.05, 0) is 69.6 Å². The molecule has 0 heterocycles. The van der Waals surface area contributed by atoms with Crippen LogP contribution in [0.2, 0.25) is 0 Å². The van der Waals surface area contributed by atoms with Crippen molar-refractivity contribution in [2.45, 2.75) is 64.1 Å². The van der Waals surface area contributed by atoms with Crippen LogP contribution in [0.5, 0.6) is 0 Å². The number of alkyl carbamates (subject to hydrolysis) is 1. The highest BCUT2D eigenvalue weighted by Gasteiger charge is 2.35. The third kappa shape index (κ3) is 4.26. The maximum atomic E-state index is 13.9. The molecule has 2 aliphatic carbocycles. The van der Waals surface area contributed by atoms with Crippen molar-refractivity contribution in [3.05, 3.63) is 35.1 Å². The summed E-state index contributed by atoms with van der Waals surface area (Å²) in [4.78, 5) is 11.9. The lowest BCUT2D eigenvalue weighted by Crippen LogP contribution is -2.44. The lowest BCUT2D eigenvalue weighted by molar-refractivity contribution is 0.0520. The Hall–Kier alpha value is -1.62.